The average molecular weight is 415 g/mol. The summed E-state index contributed by atoms with van der Waals surface area (Å²) in [5.41, 5.74) is 2.20. The highest BCUT2D eigenvalue weighted by atomic mass is 35.5. The van der Waals surface area contributed by atoms with Crippen molar-refractivity contribution in [3.8, 4) is 17.0 Å². The number of hydrogen-bond acceptors (Lipinski definition) is 4. The number of carbonyl (C=O) groups is 1. The van der Waals surface area contributed by atoms with E-state index in [1.54, 1.807) is 7.11 Å². The molecule has 0 bridgehead atoms. The van der Waals surface area contributed by atoms with E-state index in [-0.39, 0.29) is 22.5 Å². The van der Waals surface area contributed by atoms with Gasteiger partial charge in [-0.15, -0.1) is 0 Å². The van der Waals surface area contributed by atoms with Crippen molar-refractivity contribution in [2.45, 2.75) is 12.5 Å². The normalized spacial score (nSPS) is 16.1. The first kappa shape index (κ1) is 19.3. The summed E-state index contributed by atoms with van der Waals surface area (Å²) in [6.45, 7) is 1.41. The molecule has 3 aromatic rings. The summed E-state index contributed by atoms with van der Waals surface area (Å²) < 4.78 is 18.4. The van der Waals surface area contributed by atoms with Crippen LogP contribution in [-0.2, 0) is 0 Å². The molecule has 1 aliphatic heterocycles. The van der Waals surface area contributed by atoms with Crippen LogP contribution >= 0.6 is 11.6 Å². The smallest absolute Gasteiger partial charge is 0.253 e. The molecule has 1 fully saturated rings. The fourth-order valence-corrected chi connectivity index (χ4v) is 3.67. The number of ether oxygens (including phenoxy) is 1. The van der Waals surface area contributed by atoms with Crippen LogP contribution in [-0.4, -0.2) is 42.3 Å². The Kier molecular flexibility index (Phi) is 5.40. The third-order valence-corrected chi connectivity index (χ3v) is 5.30. The Balaban J connectivity index is 1.39. The van der Waals surface area contributed by atoms with Gasteiger partial charge in [0.25, 0.3) is 5.91 Å². The lowest BCUT2D eigenvalue weighted by Crippen LogP contribution is -2.37. The van der Waals surface area contributed by atoms with Gasteiger partial charge in [0.15, 0.2) is 5.82 Å². The highest BCUT2D eigenvalue weighted by Crippen LogP contribution is 2.26. The van der Waals surface area contributed by atoms with Crippen LogP contribution in [0.2, 0.25) is 5.02 Å². The molecule has 2 heterocycles. The fraction of sp³-hybridized carbons (Fsp3) is 0.238. The van der Waals surface area contributed by atoms with Gasteiger partial charge in [-0.3, -0.25) is 9.89 Å². The number of aromatic amines is 1. The van der Waals surface area contributed by atoms with Crippen molar-refractivity contribution in [1.82, 2.24) is 15.5 Å². The Morgan fingerprint density at radius 3 is 2.79 bits per heavy atom. The number of H-pyrrole nitrogens is 1. The molecular weight excluding hydrogens is 395 g/mol. The van der Waals surface area contributed by atoms with Gasteiger partial charge in [-0.1, -0.05) is 11.6 Å². The second-order valence-electron chi connectivity index (χ2n) is 6.90. The first-order valence-corrected chi connectivity index (χ1v) is 9.62. The zero-order valence-corrected chi connectivity index (χ0v) is 16.5. The zero-order chi connectivity index (χ0) is 20.4. The van der Waals surface area contributed by atoms with E-state index in [1.165, 1.54) is 12.1 Å². The van der Waals surface area contributed by atoms with E-state index in [0.717, 1.165) is 41.9 Å². The van der Waals surface area contributed by atoms with E-state index in [2.05, 4.69) is 20.4 Å². The lowest BCUT2D eigenvalue weighted by Gasteiger charge is -2.16. The molecule has 4 rings (SSSR count). The first-order valence-electron chi connectivity index (χ1n) is 9.24. The molecule has 8 heteroatoms. The number of nitrogens with zero attached hydrogens (tertiary/aromatic N) is 2. The maximum absolute atomic E-state index is 13.2. The molecule has 1 unspecified atom stereocenters. The predicted octanol–water partition coefficient (Wildman–Crippen LogP) is 3.89. The van der Waals surface area contributed by atoms with Gasteiger partial charge in [0.2, 0.25) is 0 Å². The van der Waals surface area contributed by atoms with Crippen molar-refractivity contribution >= 4 is 23.3 Å². The van der Waals surface area contributed by atoms with Crippen LogP contribution in [0.25, 0.3) is 11.3 Å². The topological polar surface area (TPSA) is 70.2 Å². The van der Waals surface area contributed by atoms with Crippen molar-refractivity contribution in [2.24, 2.45) is 0 Å². The van der Waals surface area contributed by atoms with E-state index < -0.39 is 5.82 Å². The van der Waals surface area contributed by atoms with Crippen molar-refractivity contribution in [2.75, 3.05) is 25.1 Å². The second-order valence-corrected chi connectivity index (χ2v) is 7.30. The van der Waals surface area contributed by atoms with Gasteiger partial charge < -0.3 is 15.0 Å². The van der Waals surface area contributed by atoms with Gasteiger partial charge in [-0.2, -0.15) is 5.10 Å². The molecule has 1 saturated heterocycles. The molecule has 1 amide bonds. The highest BCUT2D eigenvalue weighted by molar-refractivity contribution is 6.33. The molecule has 2 aromatic carbocycles. The highest BCUT2D eigenvalue weighted by Gasteiger charge is 2.26. The number of methoxy groups -OCH3 is 1. The number of hydrogen-bond donors (Lipinski definition) is 2. The minimum absolute atomic E-state index is 0.0373. The Hall–Kier alpha value is -3.06. The number of benzene rings is 2. The minimum Gasteiger partial charge on any atom is -0.497 e. The number of halogens is 2. The van der Waals surface area contributed by atoms with Gasteiger partial charge in [-0.05, 0) is 54.4 Å². The summed E-state index contributed by atoms with van der Waals surface area (Å²) in [5, 5.41) is 10.5. The summed E-state index contributed by atoms with van der Waals surface area (Å²) in [6.07, 6.45) is 0.787. The van der Waals surface area contributed by atoms with Crippen LogP contribution < -0.4 is 15.0 Å². The standard InChI is InChI=1S/C21H20ClFN4O2/c1-29-16-5-2-13(3-6-16)19-11-20(26-25-19)27-9-8-15(12-27)24-21(28)17-7-4-14(23)10-18(17)22/h2-7,10-11,15H,8-9,12H2,1H3,(H,24,28)(H,25,26). The van der Waals surface area contributed by atoms with E-state index in [4.69, 9.17) is 16.3 Å². The molecule has 1 aliphatic rings. The molecule has 1 aromatic heterocycles. The van der Waals surface area contributed by atoms with Gasteiger partial charge >= 0.3 is 0 Å². The molecule has 6 nitrogen and oxygen atoms in total. The Morgan fingerprint density at radius 1 is 1.28 bits per heavy atom. The molecule has 0 spiro atoms. The SMILES string of the molecule is COc1ccc(-c2cc(N3CCC(NC(=O)c4ccc(F)cc4Cl)C3)n[nH]2)cc1. The number of anilines is 1. The summed E-state index contributed by atoms with van der Waals surface area (Å²) in [7, 11) is 1.63. The van der Waals surface area contributed by atoms with Crippen LogP contribution in [0.1, 0.15) is 16.8 Å². The van der Waals surface area contributed by atoms with Crippen LogP contribution in [0.4, 0.5) is 10.2 Å². The molecular formula is C21H20ClFN4O2. The fourth-order valence-electron chi connectivity index (χ4n) is 3.41. The maximum atomic E-state index is 13.2. The van der Waals surface area contributed by atoms with Crippen molar-refractivity contribution < 1.29 is 13.9 Å². The number of nitrogens with one attached hydrogen (secondary N) is 2. The molecule has 150 valence electrons. The Bertz CT molecular complexity index is 1020. The third kappa shape index (κ3) is 4.19. The van der Waals surface area contributed by atoms with Gasteiger partial charge in [0.1, 0.15) is 11.6 Å². The van der Waals surface area contributed by atoms with Crippen LogP contribution in [0.5, 0.6) is 5.75 Å². The van der Waals surface area contributed by atoms with Gasteiger partial charge in [-0.25, -0.2) is 4.39 Å². The van der Waals surface area contributed by atoms with Crippen molar-refractivity contribution in [1.29, 1.82) is 0 Å². The minimum atomic E-state index is -0.468. The first-order chi connectivity index (χ1) is 14.0. The lowest BCUT2D eigenvalue weighted by molar-refractivity contribution is 0.0940. The lowest BCUT2D eigenvalue weighted by atomic mass is 10.1. The molecule has 1 atom stereocenters. The zero-order valence-electron chi connectivity index (χ0n) is 15.8. The monoisotopic (exact) mass is 414 g/mol. The number of carbonyl (C=O) groups excluding carboxylic acids is 1. The molecule has 2 N–H and O–H groups in total. The largest absolute Gasteiger partial charge is 0.497 e. The summed E-state index contributed by atoms with van der Waals surface area (Å²) >= 11 is 5.98. The summed E-state index contributed by atoms with van der Waals surface area (Å²) in [5.74, 6) is 0.854. The van der Waals surface area contributed by atoms with E-state index in [0.29, 0.717) is 6.54 Å². The quantitative estimate of drug-likeness (QED) is 0.664. The van der Waals surface area contributed by atoms with Crippen molar-refractivity contribution in [3.63, 3.8) is 0 Å². The average Bonchev–Trinajstić information content (AvgIpc) is 3.37. The van der Waals surface area contributed by atoms with E-state index in [9.17, 15) is 9.18 Å². The summed E-state index contributed by atoms with van der Waals surface area (Å²) in [6, 6.07) is 13.5. The predicted molar refractivity (Wildman–Crippen MR) is 110 cm³/mol. The van der Waals surface area contributed by atoms with Crippen LogP contribution in [0.15, 0.2) is 48.5 Å². The number of aromatic nitrogens is 2. The summed E-state index contributed by atoms with van der Waals surface area (Å²) in [4.78, 5) is 14.6. The molecule has 29 heavy (non-hydrogen) atoms. The van der Waals surface area contributed by atoms with Crippen LogP contribution in [0, 0.1) is 5.82 Å². The second kappa shape index (κ2) is 8.13. The molecule has 0 aliphatic carbocycles. The van der Waals surface area contributed by atoms with Gasteiger partial charge in [0.05, 0.1) is 23.4 Å². The van der Waals surface area contributed by atoms with E-state index in [1.807, 2.05) is 30.3 Å². The molecule has 0 saturated carbocycles. The van der Waals surface area contributed by atoms with E-state index >= 15 is 0 Å². The third-order valence-electron chi connectivity index (χ3n) is 4.99. The Labute approximate surface area is 172 Å². The van der Waals surface area contributed by atoms with Crippen LogP contribution in [0.3, 0.4) is 0 Å². The number of amides is 1. The Morgan fingerprint density at radius 2 is 2.07 bits per heavy atom. The molecule has 0 radical (unpaired) electrons. The van der Waals surface area contributed by atoms with Gasteiger partial charge in [0, 0.05) is 25.2 Å². The maximum Gasteiger partial charge on any atom is 0.253 e. The van der Waals surface area contributed by atoms with Crippen molar-refractivity contribution in [3.05, 3.63) is 64.9 Å². The number of rotatable bonds is 5.